The average Bonchev–Trinajstić information content (AvgIpc) is 2.41. The molecule has 22 heavy (non-hydrogen) atoms. The van der Waals surface area contributed by atoms with Crippen LogP contribution in [0.2, 0.25) is 0 Å². The lowest BCUT2D eigenvalue weighted by atomic mass is 10.3. The molecule has 1 aromatic heterocycles. The first-order valence-corrected chi connectivity index (χ1v) is 6.92. The summed E-state index contributed by atoms with van der Waals surface area (Å²) in [6, 6.07) is 3.08. The van der Waals surface area contributed by atoms with Crippen molar-refractivity contribution in [2.24, 2.45) is 0 Å². The Balaban J connectivity index is 2.04. The topological polar surface area (TPSA) is 120 Å². The molecule has 7 nitrogen and oxygen atoms in total. The number of nitrogens with one attached hydrogen (secondary N) is 1. The molecule has 10 heteroatoms. The van der Waals surface area contributed by atoms with E-state index in [1.807, 2.05) is 0 Å². The van der Waals surface area contributed by atoms with Crippen molar-refractivity contribution in [1.29, 1.82) is 0 Å². The van der Waals surface area contributed by atoms with E-state index in [4.69, 9.17) is 11.5 Å². The van der Waals surface area contributed by atoms with E-state index in [0.717, 1.165) is 23.9 Å². The lowest BCUT2D eigenvalue weighted by Crippen LogP contribution is -2.23. The molecule has 0 aliphatic carbocycles. The number of thioether (sulfide) groups is 1. The number of amides is 1. The molecule has 0 saturated heterocycles. The second-order valence-corrected chi connectivity index (χ2v) is 5.52. The van der Waals surface area contributed by atoms with Gasteiger partial charge in [0.05, 0.1) is 5.25 Å². The van der Waals surface area contributed by atoms with E-state index in [2.05, 4.69) is 20.3 Å². The second kappa shape index (κ2) is 6.52. The molecule has 0 saturated carbocycles. The molecule has 0 radical (unpaired) electrons. The highest BCUT2D eigenvalue weighted by Gasteiger charge is 2.17. The summed E-state index contributed by atoms with van der Waals surface area (Å²) in [5.41, 5.74) is 11.0. The van der Waals surface area contributed by atoms with E-state index in [9.17, 15) is 13.6 Å². The molecule has 0 aliphatic heterocycles. The average molecular weight is 326 g/mol. The summed E-state index contributed by atoms with van der Waals surface area (Å²) in [4.78, 5) is 23.3. The summed E-state index contributed by atoms with van der Waals surface area (Å²) < 4.78 is 25.9. The largest absolute Gasteiger partial charge is 0.368 e. The second-order valence-electron chi connectivity index (χ2n) is 4.21. The Labute approximate surface area is 128 Å². The van der Waals surface area contributed by atoms with E-state index < -0.39 is 22.8 Å². The predicted molar refractivity (Wildman–Crippen MR) is 79.0 cm³/mol. The van der Waals surface area contributed by atoms with Gasteiger partial charge in [-0.15, -0.1) is 0 Å². The third kappa shape index (κ3) is 4.01. The van der Waals surface area contributed by atoms with Crippen LogP contribution < -0.4 is 16.8 Å². The van der Waals surface area contributed by atoms with Crippen molar-refractivity contribution in [1.82, 2.24) is 15.0 Å². The smallest absolute Gasteiger partial charge is 0.237 e. The van der Waals surface area contributed by atoms with Crippen molar-refractivity contribution in [3.05, 3.63) is 29.8 Å². The van der Waals surface area contributed by atoms with Crippen molar-refractivity contribution in [3.8, 4) is 0 Å². The molecule has 5 N–H and O–H groups in total. The van der Waals surface area contributed by atoms with Crippen LogP contribution in [0.15, 0.2) is 23.4 Å². The van der Waals surface area contributed by atoms with Gasteiger partial charge in [-0.2, -0.15) is 15.0 Å². The number of hydrogen-bond acceptors (Lipinski definition) is 7. The van der Waals surface area contributed by atoms with Crippen LogP contribution in [0, 0.1) is 11.6 Å². The molecule has 1 heterocycles. The molecule has 0 aliphatic rings. The first-order chi connectivity index (χ1) is 10.3. The Morgan fingerprint density at radius 3 is 2.41 bits per heavy atom. The summed E-state index contributed by atoms with van der Waals surface area (Å²) in [7, 11) is 0. The highest BCUT2D eigenvalue weighted by molar-refractivity contribution is 8.00. The van der Waals surface area contributed by atoms with E-state index in [1.54, 1.807) is 6.92 Å². The van der Waals surface area contributed by atoms with Gasteiger partial charge in [0, 0.05) is 11.8 Å². The predicted octanol–water partition coefficient (Wildman–Crippen LogP) is 1.43. The van der Waals surface area contributed by atoms with E-state index in [1.165, 1.54) is 6.07 Å². The molecule has 1 amide bonds. The number of carbonyl (C=O) groups is 1. The Hall–Kier alpha value is -2.49. The first kappa shape index (κ1) is 15.9. The van der Waals surface area contributed by atoms with E-state index in [-0.39, 0.29) is 22.7 Å². The highest BCUT2D eigenvalue weighted by Crippen LogP contribution is 2.22. The number of halogens is 2. The Kier molecular flexibility index (Phi) is 4.71. The molecular formula is C12H12F2N6OS. The molecule has 0 unspecified atom stereocenters. The normalized spacial score (nSPS) is 12.0. The monoisotopic (exact) mass is 326 g/mol. The number of hydrogen-bond donors (Lipinski definition) is 3. The minimum Gasteiger partial charge on any atom is -0.368 e. The lowest BCUT2D eigenvalue weighted by molar-refractivity contribution is -0.115. The summed E-state index contributed by atoms with van der Waals surface area (Å²) >= 11 is 1.00. The number of rotatable bonds is 4. The van der Waals surface area contributed by atoms with Crippen LogP contribution >= 0.6 is 11.8 Å². The molecule has 1 atom stereocenters. The lowest BCUT2D eigenvalue weighted by Gasteiger charge is -2.11. The number of nitrogens with two attached hydrogens (primary N) is 2. The van der Waals surface area contributed by atoms with Gasteiger partial charge in [-0.05, 0) is 19.1 Å². The quantitative estimate of drug-likeness (QED) is 0.727. The molecule has 0 spiro atoms. The first-order valence-electron chi connectivity index (χ1n) is 6.04. The molecule has 2 aromatic rings. The Morgan fingerprint density at radius 1 is 1.18 bits per heavy atom. The fourth-order valence-electron chi connectivity index (χ4n) is 1.47. The van der Waals surface area contributed by atoms with Gasteiger partial charge < -0.3 is 16.8 Å². The van der Waals surface area contributed by atoms with Crippen LogP contribution in [-0.2, 0) is 4.79 Å². The number of benzene rings is 1. The number of nitrogen functional groups attached to an aromatic ring is 2. The zero-order chi connectivity index (χ0) is 16.3. The number of nitrogens with zero attached hydrogens (tertiary/aromatic N) is 3. The standard InChI is InChI=1S/C12H12F2N6OS/c1-5(22-12-19-10(15)18-11(16)20-12)9(21)17-6-2-3-7(13)8(14)4-6/h2-5H,1H3,(H,17,21)(H4,15,16,18,19,20)/t5-/m1/s1. The Bertz CT molecular complexity index is 694. The molecule has 0 fully saturated rings. The van der Waals surface area contributed by atoms with Gasteiger partial charge in [-0.1, -0.05) is 11.8 Å². The van der Waals surface area contributed by atoms with Crippen LogP contribution in [-0.4, -0.2) is 26.1 Å². The maximum atomic E-state index is 13.1. The molecule has 116 valence electrons. The molecular weight excluding hydrogens is 314 g/mol. The Morgan fingerprint density at radius 2 is 1.82 bits per heavy atom. The summed E-state index contributed by atoms with van der Waals surface area (Å²) in [6.45, 7) is 1.59. The maximum absolute atomic E-state index is 13.1. The summed E-state index contributed by atoms with van der Waals surface area (Å²) in [5.74, 6) is -2.58. The zero-order valence-corrected chi connectivity index (χ0v) is 12.2. The molecule has 0 bridgehead atoms. The van der Waals surface area contributed by atoms with Gasteiger partial charge in [-0.25, -0.2) is 8.78 Å². The van der Waals surface area contributed by atoms with E-state index in [0.29, 0.717) is 0 Å². The van der Waals surface area contributed by atoms with Crippen LogP contribution in [0.25, 0.3) is 0 Å². The van der Waals surface area contributed by atoms with Crippen molar-refractivity contribution < 1.29 is 13.6 Å². The number of aromatic nitrogens is 3. The third-order valence-corrected chi connectivity index (χ3v) is 3.45. The van der Waals surface area contributed by atoms with Gasteiger partial charge in [0.15, 0.2) is 16.8 Å². The minimum absolute atomic E-state index is 0.0526. The van der Waals surface area contributed by atoms with Gasteiger partial charge in [0.2, 0.25) is 17.8 Å². The van der Waals surface area contributed by atoms with Crippen LogP contribution in [0.5, 0.6) is 0 Å². The summed E-state index contributed by atoms with van der Waals surface area (Å²) in [6.07, 6.45) is 0. The molecule has 2 rings (SSSR count). The van der Waals surface area contributed by atoms with Crippen LogP contribution in [0.1, 0.15) is 6.92 Å². The van der Waals surface area contributed by atoms with Gasteiger partial charge in [0.1, 0.15) is 0 Å². The van der Waals surface area contributed by atoms with Crippen molar-refractivity contribution in [3.63, 3.8) is 0 Å². The fraction of sp³-hybridized carbons (Fsp3) is 0.167. The maximum Gasteiger partial charge on any atom is 0.237 e. The molecule has 1 aromatic carbocycles. The van der Waals surface area contributed by atoms with Gasteiger partial charge in [0.25, 0.3) is 0 Å². The van der Waals surface area contributed by atoms with E-state index >= 15 is 0 Å². The van der Waals surface area contributed by atoms with Gasteiger partial charge >= 0.3 is 0 Å². The van der Waals surface area contributed by atoms with Crippen molar-refractivity contribution in [2.75, 3.05) is 16.8 Å². The number of carbonyl (C=O) groups excluding carboxylic acids is 1. The number of anilines is 3. The van der Waals surface area contributed by atoms with Gasteiger partial charge in [-0.3, -0.25) is 4.79 Å². The SMILES string of the molecule is C[C@@H](Sc1nc(N)nc(N)n1)C(=O)Nc1ccc(F)c(F)c1. The third-order valence-electron chi connectivity index (χ3n) is 2.49. The highest BCUT2D eigenvalue weighted by atomic mass is 32.2. The van der Waals surface area contributed by atoms with Crippen molar-refractivity contribution in [2.45, 2.75) is 17.3 Å². The summed E-state index contributed by atoms with van der Waals surface area (Å²) in [5, 5.41) is 2.04. The van der Waals surface area contributed by atoms with Crippen LogP contribution in [0.4, 0.5) is 26.4 Å². The minimum atomic E-state index is -1.05. The van der Waals surface area contributed by atoms with Crippen molar-refractivity contribution >= 4 is 35.3 Å². The van der Waals surface area contributed by atoms with Crippen LogP contribution in [0.3, 0.4) is 0 Å². The fourth-order valence-corrected chi connectivity index (χ4v) is 2.25. The zero-order valence-electron chi connectivity index (χ0n) is 11.4.